The van der Waals surface area contributed by atoms with Crippen LogP contribution in [0.5, 0.6) is 11.8 Å². The molecule has 0 saturated heterocycles. The number of carbonyl (C=O) groups is 1. The number of aromatic nitrogens is 3. The molecule has 41 heavy (non-hydrogen) atoms. The third-order valence-electron chi connectivity index (χ3n) is 5.81. The molecule has 0 bridgehead atoms. The van der Waals surface area contributed by atoms with Gasteiger partial charge >= 0.3 is 0 Å². The van der Waals surface area contributed by atoms with Crippen molar-refractivity contribution < 1.29 is 42.8 Å². The van der Waals surface area contributed by atoms with E-state index in [1.165, 1.54) is 26.6 Å². The molecule has 0 fully saturated rings. The number of rotatable bonds is 8. The van der Waals surface area contributed by atoms with Gasteiger partial charge in [-0.3, -0.25) is 4.79 Å². The second kappa shape index (κ2) is 12.7. The molecular formula is C27H22F4N4O5S. The predicted octanol–water partition coefficient (Wildman–Crippen LogP) is 4.90. The number of carbonyl (C=O) groups excluding carboxylic acids is 1. The topological polar surface area (TPSA) is 152 Å². The van der Waals surface area contributed by atoms with Gasteiger partial charge in [0.15, 0.2) is 5.82 Å². The molecule has 9 nitrogen and oxygen atoms in total. The van der Waals surface area contributed by atoms with Crippen LogP contribution in [0.25, 0.3) is 22.2 Å². The Morgan fingerprint density at radius 3 is 2.44 bits per heavy atom. The van der Waals surface area contributed by atoms with Gasteiger partial charge in [-0.1, -0.05) is 0 Å². The number of ether oxygens (including phenoxy) is 2. The first-order valence-electron chi connectivity index (χ1n) is 11.3. The molecule has 2 aromatic carbocycles. The Morgan fingerprint density at radius 1 is 0.951 bits per heavy atom. The van der Waals surface area contributed by atoms with Crippen LogP contribution in [-0.2, 0) is 0 Å². The second-order valence-corrected chi connectivity index (χ2v) is 8.97. The van der Waals surface area contributed by atoms with Crippen molar-refractivity contribution in [3.63, 3.8) is 0 Å². The molecular weight excluding hydrogens is 568 g/mol. The molecule has 0 amide bonds. The maximum atomic E-state index is 15.4. The van der Waals surface area contributed by atoms with E-state index in [1.807, 2.05) is 0 Å². The summed E-state index contributed by atoms with van der Waals surface area (Å²) < 4.78 is 70.6. The minimum atomic E-state index is -1.19. The number of hydrogen-bond acceptors (Lipinski definition) is 7. The molecule has 5 aromatic rings. The number of nitrogens with one attached hydrogen (secondary N) is 2. The average molecular weight is 591 g/mol. The summed E-state index contributed by atoms with van der Waals surface area (Å²) in [6, 6.07) is 9.71. The number of ketones is 1. The van der Waals surface area contributed by atoms with E-state index < -0.39 is 34.6 Å². The molecule has 0 atom stereocenters. The van der Waals surface area contributed by atoms with E-state index in [0.29, 0.717) is 40.0 Å². The summed E-state index contributed by atoms with van der Waals surface area (Å²) in [4.78, 5) is 24.7. The van der Waals surface area contributed by atoms with Crippen molar-refractivity contribution in [2.45, 2.75) is 4.90 Å². The quantitative estimate of drug-likeness (QED) is 0.148. The van der Waals surface area contributed by atoms with Crippen LogP contribution in [0, 0.1) is 23.3 Å². The van der Waals surface area contributed by atoms with E-state index in [1.54, 1.807) is 18.2 Å². The largest absolute Gasteiger partial charge is 0.481 e. The fourth-order valence-electron chi connectivity index (χ4n) is 3.89. The maximum absolute atomic E-state index is 15.4. The van der Waals surface area contributed by atoms with Gasteiger partial charge in [-0.15, -0.1) is 0 Å². The van der Waals surface area contributed by atoms with Gasteiger partial charge in [-0.2, -0.15) is 4.98 Å². The highest BCUT2D eigenvalue weighted by molar-refractivity contribution is 8.00. The Kier molecular flexibility index (Phi) is 9.55. The lowest BCUT2D eigenvalue weighted by atomic mass is 10.00. The van der Waals surface area contributed by atoms with Crippen LogP contribution in [0.2, 0.25) is 0 Å². The Morgan fingerprint density at radius 2 is 1.71 bits per heavy atom. The number of aromatic amines is 1. The standard InChI is InChI=1S/C27H18F4N4O3S.2H2O/c1-37-22-8-4-15(27(34-22)38-2)13-9-16-17(12-33-26(16)32-11-13)25(36)23-19(30)6-7-20(24(23)31)35-39-21-10-14(28)3-5-18(21)29;;/h3-12,35H,1-2H3,(H,32,33);2*1H2. The monoisotopic (exact) mass is 590 g/mol. The van der Waals surface area contributed by atoms with Crippen molar-refractivity contribution in [2.24, 2.45) is 0 Å². The van der Waals surface area contributed by atoms with Crippen LogP contribution in [0.3, 0.4) is 0 Å². The van der Waals surface area contributed by atoms with E-state index in [4.69, 9.17) is 9.47 Å². The van der Waals surface area contributed by atoms with Gasteiger partial charge in [0.05, 0.1) is 30.4 Å². The Balaban J connectivity index is 0.00000231. The Bertz CT molecular complexity index is 1730. The van der Waals surface area contributed by atoms with Gasteiger partial charge in [-0.05, 0) is 54.4 Å². The molecule has 0 saturated carbocycles. The number of pyridine rings is 2. The highest BCUT2D eigenvalue weighted by Crippen LogP contribution is 2.34. The second-order valence-electron chi connectivity index (χ2n) is 8.12. The van der Waals surface area contributed by atoms with E-state index >= 15 is 4.39 Å². The van der Waals surface area contributed by atoms with Gasteiger partial charge in [0.1, 0.15) is 23.1 Å². The van der Waals surface area contributed by atoms with Gasteiger partial charge in [-0.25, -0.2) is 22.5 Å². The zero-order valence-corrected chi connectivity index (χ0v) is 22.1. The first-order chi connectivity index (χ1) is 18.8. The minimum absolute atomic E-state index is 0. The number of methoxy groups -OCH3 is 2. The van der Waals surface area contributed by atoms with Gasteiger partial charge in [0, 0.05) is 40.5 Å². The molecule has 0 radical (unpaired) electrons. The third kappa shape index (κ3) is 5.94. The predicted molar refractivity (Wildman–Crippen MR) is 145 cm³/mol. The molecule has 14 heteroatoms. The molecule has 0 aliphatic carbocycles. The van der Waals surface area contributed by atoms with Crippen LogP contribution in [0.1, 0.15) is 15.9 Å². The average Bonchev–Trinajstić information content (AvgIpc) is 3.37. The number of fused-ring (bicyclic) bond motifs is 1. The SMILES string of the molecule is COc1ccc(-c2cnc3[nH]cc(C(=O)c4c(F)ccc(NSc5cc(F)ccc5F)c4F)c3c2)c(OC)n1.O.O. The van der Waals surface area contributed by atoms with Crippen molar-refractivity contribution in [2.75, 3.05) is 18.9 Å². The normalized spacial score (nSPS) is 10.5. The summed E-state index contributed by atoms with van der Waals surface area (Å²) in [5, 5.41) is 0.309. The van der Waals surface area contributed by atoms with E-state index in [0.717, 1.165) is 30.3 Å². The van der Waals surface area contributed by atoms with Crippen LogP contribution in [0.15, 0.2) is 65.8 Å². The summed E-state index contributed by atoms with van der Waals surface area (Å²) in [5.74, 6) is -4.07. The molecule has 0 aliphatic heterocycles. The first-order valence-corrected chi connectivity index (χ1v) is 12.1. The van der Waals surface area contributed by atoms with E-state index in [2.05, 4.69) is 19.7 Å². The molecule has 3 aromatic heterocycles. The number of nitrogens with zero attached hydrogens (tertiary/aromatic N) is 2. The number of H-pyrrole nitrogens is 1. The molecule has 0 unspecified atom stereocenters. The first kappa shape index (κ1) is 30.9. The summed E-state index contributed by atoms with van der Waals surface area (Å²) in [5.41, 5.74) is 0.259. The lowest BCUT2D eigenvalue weighted by Gasteiger charge is -2.11. The van der Waals surface area contributed by atoms with E-state index in [9.17, 15) is 18.0 Å². The zero-order valence-electron chi connectivity index (χ0n) is 21.3. The molecule has 0 spiro atoms. The third-order valence-corrected chi connectivity index (χ3v) is 6.66. The lowest BCUT2D eigenvalue weighted by Crippen LogP contribution is -2.09. The Hall–Kier alpha value is -4.66. The fourth-order valence-corrected chi connectivity index (χ4v) is 4.61. The summed E-state index contributed by atoms with van der Waals surface area (Å²) >= 11 is 0.579. The number of halogens is 4. The van der Waals surface area contributed by atoms with Crippen LogP contribution in [-0.4, -0.2) is 45.9 Å². The summed E-state index contributed by atoms with van der Waals surface area (Å²) in [6.45, 7) is 0. The highest BCUT2D eigenvalue weighted by atomic mass is 32.2. The minimum Gasteiger partial charge on any atom is -0.481 e. The Labute approximate surface area is 234 Å². The number of hydrogen-bond donors (Lipinski definition) is 2. The molecule has 214 valence electrons. The van der Waals surface area contributed by atoms with Crippen molar-refractivity contribution >= 4 is 34.5 Å². The maximum Gasteiger partial charge on any atom is 0.224 e. The summed E-state index contributed by atoms with van der Waals surface area (Å²) in [7, 11) is 2.91. The summed E-state index contributed by atoms with van der Waals surface area (Å²) in [6.07, 6.45) is 2.84. The molecule has 6 N–H and O–H groups in total. The lowest BCUT2D eigenvalue weighted by molar-refractivity contribution is 0.103. The van der Waals surface area contributed by atoms with Gasteiger partial charge in [0.2, 0.25) is 17.5 Å². The fraction of sp³-hybridized carbons (Fsp3) is 0.0741. The van der Waals surface area contributed by atoms with Crippen molar-refractivity contribution in [1.82, 2.24) is 15.0 Å². The van der Waals surface area contributed by atoms with Gasteiger partial charge < -0.3 is 30.1 Å². The van der Waals surface area contributed by atoms with Crippen molar-refractivity contribution in [3.05, 3.63) is 95.3 Å². The number of benzene rings is 2. The number of anilines is 1. The van der Waals surface area contributed by atoms with Crippen LogP contribution in [0.4, 0.5) is 23.2 Å². The van der Waals surface area contributed by atoms with Gasteiger partial charge in [0.25, 0.3) is 0 Å². The highest BCUT2D eigenvalue weighted by Gasteiger charge is 2.25. The van der Waals surface area contributed by atoms with E-state index in [-0.39, 0.29) is 33.0 Å². The van der Waals surface area contributed by atoms with Crippen molar-refractivity contribution in [3.8, 4) is 22.9 Å². The smallest absolute Gasteiger partial charge is 0.224 e. The molecule has 0 aliphatic rings. The molecule has 3 heterocycles. The van der Waals surface area contributed by atoms with Crippen molar-refractivity contribution in [1.29, 1.82) is 0 Å². The zero-order chi connectivity index (χ0) is 27.7. The molecule has 5 rings (SSSR count). The van der Waals surface area contributed by atoms with Crippen LogP contribution < -0.4 is 14.2 Å². The van der Waals surface area contributed by atoms with Crippen LogP contribution >= 0.6 is 11.9 Å².